The van der Waals surface area contributed by atoms with E-state index in [0.717, 1.165) is 30.0 Å². The summed E-state index contributed by atoms with van der Waals surface area (Å²) < 4.78 is 52.6. The van der Waals surface area contributed by atoms with Crippen LogP contribution in [-0.2, 0) is 14.8 Å². The fourth-order valence-corrected chi connectivity index (χ4v) is 5.21. The van der Waals surface area contributed by atoms with Crippen LogP contribution in [0.2, 0.25) is 0 Å². The number of rotatable bonds is 5. The molecule has 1 saturated heterocycles. The van der Waals surface area contributed by atoms with Gasteiger partial charge in [-0.25, -0.2) is 12.8 Å². The van der Waals surface area contributed by atoms with Crippen LogP contribution in [0.25, 0.3) is 0 Å². The van der Waals surface area contributed by atoms with E-state index in [0.29, 0.717) is 37.8 Å². The molecule has 0 unspecified atom stereocenters. The lowest BCUT2D eigenvalue weighted by molar-refractivity contribution is -0.129. The molecule has 0 bridgehead atoms. The van der Waals surface area contributed by atoms with Gasteiger partial charge in [-0.1, -0.05) is 12.8 Å². The molecule has 2 aromatic rings. The monoisotopic (exact) mass is 448 g/mol. The molecular weight excluding hydrogens is 423 g/mol. The number of nitrogens with zero attached hydrogens (tertiary/aromatic N) is 2. The number of fused-ring (bicyclic) bond motifs is 1. The molecule has 2 aliphatic rings. The summed E-state index contributed by atoms with van der Waals surface area (Å²) in [4.78, 5) is 14.7. The Hall–Kier alpha value is -2.81. The number of anilines is 1. The number of halogens is 1. The summed E-state index contributed by atoms with van der Waals surface area (Å²) in [5.41, 5.74) is 0.222. The predicted octanol–water partition coefficient (Wildman–Crippen LogP) is 3.19. The molecule has 2 heterocycles. The van der Waals surface area contributed by atoms with Gasteiger partial charge in [-0.05, 0) is 49.2 Å². The van der Waals surface area contributed by atoms with Crippen molar-refractivity contribution >= 4 is 21.6 Å². The lowest BCUT2D eigenvalue weighted by atomic mass is 10.2. The first-order chi connectivity index (χ1) is 14.9. The number of carbonyl (C=O) groups excluding carboxylic acids is 1. The lowest BCUT2D eigenvalue weighted by Crippen LogP contribution is -2.43. The second kappa shape index (κ2) is 9.13. The molecule has 0 atom stereocenters. The standard InChI is InChI=1S/C22H25FN2O5S/c23-17-5-7-18(8-6-17)25(16-22(26)24-11-3-1-2-4-12-24)31(27,28)19-9-10-20-21(15-19)30-14-13-29-20/h5-10,15H,1-4,11-14,16H2. The van der Waals surface area contributed by atoms with Crippen molar-refractivity contribution in [2.45, 2.75) is 30.6 Å². The first-order valence-corrected chi connectivity index (χ1v) is 11.8. The quantitative estimate of drug-likeness (QED) is 0.702. The summed E-state index contributed by atoms with van der Waals surface area (Å²) in [6.45, 7) is 1.58. The predicted molar refractivity (Wildman–Crippen MR) is 113 cm³/mol. The third kappa shape index (κ3) is 4.76. The molecular formula is C22H25FN2O5S. The van der Waals surface area contributed by atoms with E-state index in [-0.39, 0.29) is 23.0 Å². The Bertz CT molecular complexity index is 1030. The van der Waals surface area contributed by atoms with Crippen LogP contribution in [0.15, 0.2) is 47.4 Å². The van der Waals surface area contributed by atoms with Crippen molar-refractivity contribution in [3.63, 3.8) is 0 Å². The molecule has 0 saturated carbocycles. The maximum absolute atomic E-state index is 13.6. The number of amides is 1. The van der Waals surface area contributed by atoms with Gasteiger partial charge in [-0.3, -0.25) is 9.10 Å². The highest BCUT2D eigenvalue weighted by Gasteiger charge is 2.30. The highest BCUT2D eigenvalue weighted by molar-refractivity contribution is 7.92. The van der Waals surface area contributed by atoms with Crippen LogP contribution in [0, 0.1) is 5.82 Å². The molecule has 7 nitrogen and oxygen atoms in total. The number of benzene rings is 2. The van der Waals surface area contributed by atoms with E-state index in [2.05, 4.69) is 0 Å². The van der Waals surface area contributed by atoms with Gasteiger partial charge < -0.3 is 14.4 Å². The minimum atomic E-state index is -4.12. The van der Waals surface area contributed by atoms with Crippen LogP contribution < -0.4 is 13.8 Å². The van der Waals surface area contributed by atoms with E-state index in [1.54, 1.807) is 11.0 Å². The summed E-state index contributed by atoms with van der Waals surface area (Å²) >= 11 is 0. The first-order valence-electron chi connectivity index (χ1n) is 10.4. The Morgan fingerprint density at radius 2 is 1.58 bits per heavy atom. The molecule has 1 fully saturated rings. The SMILES string of the molecule is O=C(CN(c1ccc(F)cc1)S(=O)(=O)c1ccc2c(c1)OCCO2)N1CCCCCC1. The smallest absolute Gasteiger partial charge is 0.264 e. The molecule has 1 amide bonds. The van der Waals surface area contributed by atoms with E-state index in [4.69, 9.17) is 9.47 Å². The molecule has 0 radical (unpaired) electrons. The highest BCUT2D eigenvalue weighted by Crippen LogP contribution is 2.34. The zero-order valence-electron chi connectivity index (χ0n) is 17.1. The number of likely N-dealkylation sites (tertiary alicyclic amines) is 1. The van der Waals surface area contributed by atoms with Crippen LogP contribution in [0.3, 0.4) is 0 Å². The number of sulfonamides is 1. The van der Waals surface area contributed by atoms with Crippen LogP contribution in [0.5, 0.6) is 11.5 Å². The van der Waals surface area contributed by atoms with Gasteiger partial charge in [0, 0.05) is 19.2 Å². The second-order valence-electron chi connectivity index (χ2n) is 7.59. The molecule has 2 aromatic carbocycles. The van der Waals surface area contributed by atoms with E-state index >= 15 is 0 Å². The lowest BCUT2D eigenvalue weighted by Gasteiger charge is -2.28. The number of hydrogen-bond acceptors (Lipinski definition) is 5. The molecule has 0 spiro atoms. The van der Waals surface area contributed by atoms with Gasteiger partial charge in [-0.15, -0.1) is 0 Å². The number of carbonyl (C=O) groups is 1. The van der Waals surface area contributed by atoms with Crippen LogP contribution >= 0.6 is 0 Å². The molecule has 166 valence electrons. The van der Waals surface area contributed by atoms with Crippen molar-refractivity contribution in [1.29, 1.82) is 0 Å². The van der Waals surface area contributed by atoms with Crippen molar-refractivity contribution < 1.29 is 27.1 Å². The summed E-state index contributed by atoms with van der Waals surface area (Å²) in [7, 11) is -4.12. The summed E-state index contributed by atoms with van der Waals surface area (Å²) in [5, 5.41) is 0. The highest BCUT2D eigenvalue weighted by atomic mass is 32.2. The molecule has 9 heteroatoms. The molecule has 4 rings (SSSR count). The first kappa shape index (κ1) is 21.4. The van der Waals surface area contributed by atoms with Gasteiger partial charge in [-0.2, -0.15) is 0 Å². The van der Waals surface area contributed by atoms with Crippen molar-refractivity contribution in [3.8, 4) is 11.5 Å². The van der Waals surface area contributed by atoms with Gasteiger partial charge in [0.1, 0.15) is 25.6 Å². The third-order valence-corrected chi connectivity index (χ3v) is 7.22. The largest absolute Gasteiger partial charge is 0.486 e. The fraction of sp³-hybridized carbons (Fsp3) is 0.409. The Kier molecular flexibility index (Phi) is 6.31. The average Bonchev–Trinajstić information content (AvgIpc) is 3.07. The Morgan fingerprint density at radius 1 is 0.935 bits per heavy atom. The summed E-state index contributed by atoms with van der Waals surface area (Å²) in [6, 6.07) is 9.45. The van der Waals surface area contributed by atoms with Gasteiger partial charge >= 0.3 is 0 Å². The Balaban J connectivity index is 1.67. The molecule has 31 heavy (non-hydrogen) atoms. The van der Waals surface area contributed by atoms with Crippen LogP contribution in [0.4, 0.5) is 10.1 Å². The van der Waals surface area contributed by atoms with Gasteiger partial charge in [0.25, 0.3) is 10.0 Å². The second-order valence-corrected chi connectivity index (χ2v) is 9.45. The van der Waals surface area contributed by atoms with E-state index in [1.807, 2.05) is 0 Å². The van der Waals surface area contributed by atoms with Crippen LogP contribution in [-0.4, -0.2) is 52.1 Å². The maximum atomic E-state index is 13.6. The van der Waals surface area contributed by atoms with Crippen molar-refractivity contribution in [2.24, 2.45) is 0 Å². The van der Waals surface area contributed by atoms with E-state index in [9.17, 15) is 17.6 Å². The molecule has 0 aliphatic carbocycles. The zero-order chi connectivity index (χ0) is 21.8. The minimum absolute atomic E-state index is 0.0234. The average molecular weight is 449 g/mol. The van der Waals surface area contributed by atoms with Crippen molar-refractivity contribution in [3.05, 3.63) is 48.3 Å². The van der Waals surface area contributed by atoms with Gasteiger partial charge in [0.05, 0.1) is 10.6 Å². The van der Waals surface area contributed by atoms with E-state index < -0.39 is 15.8 Å². The van der Waals surface area contributed by atoms with Crippen molar-refractivity contribution in [2.75, 3.05) is 37.2 Å². The van der Waals surface area contributed by atoms with Crippen LogP contribution in [0.1, 0.15) is 25.7 Å². The van der Waals surface area contributed by atoms with E-state index in [1.165, 1.54) is 36.4 Å². The zero-order valence-corrected chi connectivity index (χ0v) is 17.9. The number of ether oxygens (including phenoxy) is 2. The van der Waals surface area contributed by atoms with Crippen molar-refractivity contribution in [1.82, 2.24) is 4.90 Å². The fourth-order valence-electron chi connectivity index (χ4n) is 3.78. The number of hydrogen-bond donors (Lipinski definition) is 0. The minimum Gasteiger partial charge on any atom is -0.486 e. The topological polar surface area (TPSA) is 76.2 Å². The summed E-state index contributed by atoms with van der Waals surface area (Å²) in [5.74, 6) is 0.0519. The summed E-state index contributed by atoms with van der Waals surface area (Å²) in [6.07, 6.45) is 3.91. The molecule has 0 aromatic heterocycles. The Morgan fingerprint density at radius 3 is 2.26 bits per heavy atom. The van der Waals surface area contributed by atoms with Gasteiger partial charge in [0.2, 0.25) is 5.91 Å². The molecule has 0 N–H and O–H groups in total. The maximum Gasteiger partial charge on any atom is 0.264 e. The molecule has 2 aliphatic heterocycles. The Labute approximate surface area is 181 Å². The third-order valence-electron chi connectivity index (χ3n) is 5.45. The normalized spacial score (nSPS) is 16.5. The van der Waals surface area contributed by atoms with Gasteiger partial charge in [0.15, 0.2) is 11.5 Å².